The maximum atomic E-state index is 11.0. The fraction of sp³-hybridized carbons (Fsp3) is 0.429. The fourth-order valence-electron chi connectivity index (χ4n) is 0.761. The van der Waals surface area contributed by atoms with Crippen molar-refractivity contribution in [1.82, 2.24) is 10.3 Å². The van der Waals surface area contributed by atoms with Crippen LogP contribution in [-0.2, 0) is 4.79 Å². The third-order valence-electron chi connectivity index (χ3n) is 1.22. The summed E-state index contributed by atoms with van der Waals surface area (Å²) in [4.78, 5) is 15.0. The van der Waals surface area contributed by atoms with Crippen LogP contribution in [0, 0.1) is 6.92 Å². The Morgan fingerprint density at radius 2 is 2.50 bits per heavy atom. The van der Waals surface area contributed by atoms with E-state index in [0.717, 1.165) is 10.0 Å². The molecule has 4 nitrogen and oxygen atoms in total. The van der Waals surface area contributed by atoms with E-state index in [1.807, 2.05) is 6.92 Å². The molecule has 0 atom stereocenters. The number of hydrogen-bond acceptors (Lipinski definition) is 4. The van der Waals surface area contributed by atoms with Gasteiger partial charge >= 0.3 is 0 Å². The lowest BCUT2D eigenvalue weighted by Gasteiger charge is -1.98. The van der Waals surface area contributed by atoms with Crippen LogP contribution in [0.5, 0.6) is 0 Å². The molecule has 0 aliphatic heterocycles. The third-order valence-corrected chi connectivity index (χ3v) is 2.05. The average molecular weight is 185 g/mol. The summed E-state index contributed by atoms with van der Waals surface area (Å²) in [5.41, 5.74) is 0. The standard InChI is InChI=1S/C7H11N3OS/c1-5-9-4-7(12-5)10-6(11)3-8-2/h4,8H,3H2,1-2H3,(H,10,11). The molecule has 1 aromatic heterocycles. The summed E-state index contributed by atoms with van der Waals surface area (Å²) in [6.07, 6.45) is 1.66. The van der Waals surface area contributed by atoms with Crippen molar-refractivity contribution in [2.75, 3.05) is 18.9 Å². The van der Waals surface area contributed by atoms with Gasteiger partial charge in [-0.1, -0.05) is 0 Å². The highest BCUT2D eigenvalue weighted by Crippen LogP contribution is 2.16. The van der Waals surface area contributed by atoms with Crippen LogP contribution >= 0.6 is 11.3 Å². The van der Waals surface area contributed by atoms with E-state index in [2.05, 4.69) is 15.6 Å². The molecule has 0 aromatic carbocycles. The number of thiazole rings is 1. The minimum Gasteiger partial charge on any atom is -0.315 e. The lowest BCUT2D eigenvalue weighted by molar-refractivity contribution is -0.115. The van der Waals surface area contributed by atoms with Crippen molar-refractivity contribution in [1.29, 1.82) is 0 Å². The van der Waals surface area contributed by atoms with Gasteiger partial charge in [-0.2, -0.15) is 0 Å². The van der Waals surface area contributed by atoms with Crippen LogP contribution in [0.25, 0.3) is 0 Å². The summed E-state index contributed by atoms with van der Waals surface area (Å²) in [6, 6.07) is 0. The summed E-state index contributed by atoms with van der Waals surface area (Å²) in [6.45, 7) is 2.23. The average Bonchev–Trinajstić information content (AvgIpc) is 2.36. The number of hydrogen-bond donors (Lipinski definition) is 2. The first-order chi connectivity index (χ1) is 5.72. The van der Waals surface area contributed by atoms with Gasteiger partial charge in [-0.25, -0.2) is 4.98 Å². The summed E-state index contributed by atoms with van der Waals surface area (Å²) >= 11 is 1.47. The van der Waals surface area contributed by atoms with Crippen molar-refractivity contribution >= 4 is 22.2 Å². The molecule has 0 radical (unpaired) electrons. The lowest BCUT2D eigenvalue weighted by Crippen LogP contribution is -2.24. The van der Waals surface area contributed by atoms with Crippen molar-refractivity contribution in [2.45, 2.75) is 6.92 Å². The van der Waals surface area contributed by atoms with Crippen molar-refractivity contribution in [3.63, 3.8) is 0 Å². The smallest absolute Gasteiger partial charge is 0.238 e. The van der Waals surface area contributed by atoms with Crippen LogP contribution in [0.15, 0.2) is 6.20 Å². The van der Waals surface area contributed by atoms with Crippen molar-refractivity contribution < 1.29 is 4.79 Å². The highest BCUT2D eigenvalue weighted by molar-refractivity contribution is 7.15. The van der Waals surface area contributed by atoms with Crippen molar-refractivity contribution in [3.8, 4) is 0 Å². The monoisotopic (exact) mass is 185 g/mol. The highest BCUT2D eigenvalue weighted by atomic mass is 32.1. The number of carbonyl (C=O) groups excluding carboxylic acids is 1. The summed E-state index contributed by atoms with van der Waals surface area (Å²) in [5.74, 6) is -0.0406. The molecule has 12 heavy (non-hydrogen) atoms. The normalized spacial score (nSPS) is 9.83. The van der Waals surface area contributed by atoms with Crippen LogP contribution in [0.1, 0.15) is 5.01 Å². The highest BCUT2D eigenvalue weighted by Gasteiger charge is 2.02. The van der Waals surface area contributed by atoms with Crippen molar-refractivity contribution in [2.24, 2.45) is 0 Å². The fourth-order valence-corrected chi connectivity index (χ4v) is 1.46. The number of aryl methyl sites for hydroxylation is 1. The second kappa shape index (κ2) is 4.18. The van der Waals surface area contributed by atoms with Crippen molar-refractivity contribution in [3.05, 3.63) is 11.2 Å². The molecule has 5 heteroatoms. The Bertz CT molecular complexity index is 271. The molecule has 0 fully saturated rings. The van der Waals surface area contributed by atoms with Gasteiger partial charge in [0.1, 0.15) is 5.00 Å². The molecule has 0 unspecified atom stereocenters. The molecule has 1 rings (SSSR count). The van der Waals surface area contributed by atoms with E-state index in [1.54, 1.807) is 13.2 Å². The Hall–Kier alpha value is -0.940. The predicted molar refractivity (Wildman–Crippen MR) is 49.4 cm³/mol. The van der Waals surface area contributed by atoms with Gasteiger partial charge in [0.05, 0.1) is 17.7 Å². The topological polar surface area (TPSA) is 54.0 Å². The van der Waals surface area contributed by atoms with E-state index >= 15 is 0 Å². The van der Waals surface area contributed by atoms with E-state index in [-0.39, 0.29) is 5.91 Å². The first-order valence-corrected chi connectivity index (χ1v) is 4.41. The lowest BCUT2D eigenvalue weighted by atomic mass is 10.6. The van der Waals surface area contributed by atoms with Crippen LogP contribution in [0.4, 0.5) is 5.00 Å². The molecule has 1 heterocycles. The SMILES string of the molecule is CNCC(=O)Nc1cnc(C)s1. The molecule has 0 aliphatic carbocycles. The number of aromatic nitrogens is 1. The molecule has 0 spiro atoms. The number of carbonyl (C=O) groups is 1. The zero-order chi connectivity index (χ0) is 8.97. The van der Waals surface area contributed by atoms with Crippen LogP contribution in [0.2, 0.25) is 0 Å². The molecule has 0 aliphatic rings. The minimum atomic E-state index is -0.0406. The van der Waals surface area contributed by atoms with Gasteiger partial charge in [-0.05, 0) is 14.0 Å². The second-order valence-corrected chi connectivity index (χ2v) is 3.56. The molecule has 1 amide bonds. The van der Waals surface area contributed by atoms with Crippen LogP contribution in [-0.4, -0.2) is 24.5 Å². The molecule has 2 N–H and O–H groups in total. The van der Waals surface area contributed by atoms with Gasteiger partial charge in [-0.15, -0.1) is 11.3 Å². The molecule has 0 bridgehead atoms. The molecular formula is C7H11N3OS. The van der Waals surface area contributed by atoms with Gasteiger partial charge in [0.2, 0.25) is 5.91 Å². The van der Waals surface area contributed by atoms with E-state index in [4.69, 9.17) is 0 Å². The van der Waals surface area contributed by atoms with E-state index in [1.165, 1.54) is 11.3 Å². The molecule has 66 valence electrons. The Balaban J connectivity index is 2.46. The molecule has 0 saturated heterocycles. The Morgan fingerprint density at radius 1 is 1.75 bits per heavy atom. The quantitative estimate of drug-likeness (QED) is 0.725. The van der Waals surface area contributed by atoms with Crippen LogP contribution in [0.3, 0.4) is 0 Å². The number of amides is 1. The predicted octanol–water partition coefficient (Wildman–Crippen LogP) is 0.609. The minimum absolute atomic E-state index is 0.0406. The Kier molecular flexibility index (Phi) is 3.19. The summed E-state index contributed by atoms with van der Waals surface area (Å²) in [5, 5.41) is 7.24. The first kappa shape index (κ1) is 9.15. The first-order valence-electron chi connectivity index (χ1n) is 3.59. The zero-order valence-electron chi connectivity index (χ0n) is 7.05. The number of nitrogens with zero attached hydrogens (tertiary/aromatic N) is 1. The molecular weight excluding hydrogens is 174 g/mol. The summed E-state index contributed by atoms with van der Waals surface area (Å²) in [7, 11) is 1.73. The second-order valence-electron chi connectivity index (χ2n) is 2.32. The maximum Gasteiger partial charge on any atom is 0.238 e. The Labute approximate surface area is 75.0 Å². The third kappa shape index (κ3) is 2.60. The molecule has 1 aromatic rings. The van der Waals surface area contributed by atoms with Gasteiger partial charge < -0.3 is 10.6 Å². The zero-order valence-corrected chi connectivity index (χ0v) is 7.86. The van der Waals surface area contributed by atoms with Gasteiger partial charge in [0, 0.05) is 0 Å². The van der Waals surface area contributed by atoms with Gasteiger partial charge in [0.15, 0.2) is 0 Å². The summed E-state index contributed by atoms with van der Waals surface area (Å²) < 4.78 is 0. The van der Waals surface area contributed by atoms with Gasteiger partial charge in [-0.3, -0.25) is 4.79 Å². The number of rotatable bonds is 3. The van der Waals surface area contributed by atoms with E-state index in [0.29, 0.717) is 6.54 Å². The van der Waals surface area contributed by atoms with Crippen LogP contribution < -0.4 is 10.6 Å². The van der Waals surface area contributed by atoms with E-state index in [9.17, 15) is 4.79 Å². The van der Waals surface area contributed by atoms with Gasteiger partial charge in [0.25, 0.3) is 0 Å². The number of likely N-dealkylation sites (N-methyl/N-ethyl adjacent to an activating group) is 1. The Morgan fingerprint density at radius 3 is 3.00 bits per heavy atom. The maximum absolute atomic E-state index is 11.0. The number of anilines is 1. The van der Waals surface area contributed by atoms with E-state index < -0.39 is 0 Å². The largest absolute Gasteiger partial charge is 0.315 e. The molecule has 0 saturated carbocycles. The number of nitrogens with one attached hydrogen (secondary N) is 2.